The highest BCUT2D eigenvalue weighted by Crippen LogP contribution is 2.11. The van der Waals surface area contributed by atoms with Crippen molar-refractivity contribution in [1.29, 1.82) is 0 Å². The third kappa shape index (κ3) is 3.75. The van der Waals surface area contributed by atoms with Crippen molar-refractivity contribution in [3.8, 4) is 0 Å². The lowest BCUT2D eigenvalue weighted by Gasteiger charge is -2.29. The molecule has 0 aromatic heterocycles. The molecular formula is C12H18B2N. The third-order valence-electron chi connectivity index (χ3n) is 2.81. The van der Waals surface area contributed by atoms with Crippen LogP contribution in [0.4, 0.5) is 0 Å². The zero-order chi connectivity index (χ0) is 11.1. The van der Waals surface area contributed by atoms with Gasteiger partial charge in [-0.15, -0.1) is 0 Å². The zero-order valence-electron chi connectivity index (χ0n) is 9.69. The fraction of sp³-hybridized carbons (Fsp3) is 0.500. The van der Waals surface area contributed by atoms with Gasteiger partial charge in [0.25, 0.3) is 0 Å². The lowest BCUT2D eigenvalue weighted by molar-refractivity contribution is 0.311. The van der Waals surface area contributed by atoms with Gasteiger partial charge in [0.1, 0.15) is 7.31 Å². The van der Waals surface area contributed by atoms with Crippen LogP contribution in [0.3, 0.4) is 0 Å². The minimum atomic E-state index is 0.551. The first-order valence-corrected chi connectivity index (χ1v) is 5.66. The van der Waals surface area contributed by atoms with Gasteiger partial charge in [0.2, 0.25) is 0 Å². The second-order valence-corrected chi connectivity index (χ2v) is 3.78. The van der Waals surface area contributed by atoms with E-state index in [1.54, 1.807) is 7.31 Å². The predicted octanol–water partition coefficient (Wildman–Crippen LogP) is 2.38. The largest absolute Gasteiger partial charge is 0.350 e. The highest BCUT2D eigenvalue weighted by molar-refractivity contribution is 6.87. The summed E-state index contributed by atoms with van der Waals surface area (Å²) >= 11 is 0. The Labute approximate surface area is 95.5 Å². The fourth-order valence-corrected chi connectivity index (χ4v) is 1.86. The summed E-state index contributed by atoms with van der Waals surface area (Å²) in [4.78, 5) is 2.22. The molecular weight excluding hydrogens is 180 g/mol. The first-order chi connectivity index (χ1) is 7.31. The van der Waals surface area contributed by atoms with E-state index in [0.717, 1.165) is 19.4 Å². The number of rotatable bonds is 6. The summed E-state index contributed by atoms with van der Waals surface area (Å²) in [6, 6.07) is 11.0. The monoisotopic (exact) mass is 198 g/mol. The third-order valence-corrected chi connectivity index (χ3v) is 2.81. The van der Waals surface area contributed by atoms with Crippen molar-refractivity contribution in [3.63, 3.8) is 0 Å². The van der Waals surface area contributed by atoms with Gasteiger partial charge in [-0.05, 0) is 24.4 Å². The average Bonchev–Trinajstić information content (AvgIpc) is 2.30. The van der Waals surface area contributed by atoms with Crippen molar-refractivity contribution in [2.45, 2.75) is 39.3 Å². The van der Waals surface area contributed by atoms with Crippen LogP contribution >= 0.6 is 0 Å². The minimum Gasteiger partial charge on any atom is -0.350 e. The van der Waals surface area contributed by atoms with Crippen LogP contribution in [0.5, 0.6) is 0 Å². The molecule has 0 atom stereocenters. The van der Waals surface area contributed by atoms with Crippen molar-refractivity contribution in [1.82, 2.24) is 4.81 Å². The Morgan fingerprint density at radius 2 is 1.80 bits per heavy atom. The van der Waals surface area contributed by atoms with Gasteiger partial charge in [0, 0.05) is 14.3 Å². The first kappa shape index (κ1) is 12.4. The molecule has 0 fully saturated rings. The summed E-state index contributed by atoms with van der Waals surface area (Å²) in [7, 11) is 7.39. The van der Waals surface area contributed by atoms with Crippen LogP contribution in [0.2, 0.25) is 0 Å². The van der Waals surface area contributed by atoms with Crippen LogP contribution in [-0.4, -0.2) is 25.9 Å². The summed E-state index contributed by atoms with van der Waals surface area (Å²) < 4.78 is 0. The molecule has 15 heavy (non-hydrogen) atoms. The Bertz CT molecular complexity index is 260. The highest BCUT2D eigenvalue weighted by atomic mass is 15.1. The SMILES string of the molecule is [B][B]N(Cc1ccccc1)C(CC)CC. The predicted molar refractivity (Wildman–Crippen MR) is 67.9 cm³/mol. The standard InChI is InChI=1S/C12H18B2N/c1-3-12(4-2)15(14-13)10-11-8-6-5-7-9-11/h5-9,12H,3-4,10H2,1-2H3. The molecule has 1 aromatic rings. The molecule has 77 valence electrons. The quantitative estimate of drug-likeness (QED) is 0.634. The van der Waals surface area contributed by atoms with Gasteiger partial charge < -0.3 is 4.81 Å². The minimum absolute atomic E-state index is 0.551. The van der Waals surface area contributed by atoms with Crippen LogP contribution < -0.4 is 0 Å². The maximum absolute atomic E-state index is 5.67. The molecule has 0 bridgehead atoms. The molecule has 3 heteroatoms. The smallest absolute Gasteiger partial charge is 0.149 e. The Kier molecular flexibility index (Phi) is 5.56. The zero-order valence-corrected chi connectivity index (χ0v) is 9.69. The molecule has 0 spiro atoms. The van der Waals surface area contributed by atoms with E-state index in [1.165, 1.54) is 5.56 Å². The van der Waals surface area contributed by atoms with Gasteiger partial charge in [-0.1, -0.05) is 44.2 Å². The Morgan fingerprint density at radius 3 is 2.27 bits per heavy atom. The molecule has 0 N–H and O–H groups in total. The highest BCUT2D eigenvalue weighted by Gasteiger charge is 2.12. The van der Waals surface area contributed by atoms with Gasteiger partial charge >= 0.3 is 0 Å². The Balaban J connectivity index is 2.61. The number of hydrogen-bond acceptors (Lipinski definition) is 1. The Morgan fingerprint density at radius 1 is 1.20 bits per heavy atom. The van der Waals surface area contributed by atoms with Crippen molar-refractivity contribution < 1.29 is 0 Å². The normalized spacial score (nSPS) is 10.9. The van der Waals surface area contributed by atoms with Crippen LogP contribution in [0.1, 0.15) is 32.3 Å². The van der Waals surface area contributed by atoms with Gasteiger partial charge in [0.05, 0.1) is 0 Å². The Hall–Kier alpha value is -0.690. The van der Waals surface area contributed by atoms with Crippen LogP contribution in [0.15, 0.2) is 30.3 Å². The number of nitrogens with zero attached hydrogens (tertiary/aromatic N) is 1. The van der Waals surface area contributed by atoms with E-state index in [1.807, 2.05) is 6.07 Å². The summed E-state index contributed by atoms with van der Waals surface area (Å²) in [5.41, 5.74) is 1.31. The van der Waals surface area contributed by atoms with Gasteiger partial charge in [-0.25, -0.2) is 0 Å². The first-order valence-electron chi connectivity index (χ1n) is 5.66. The van der Waals surface area contributed by atoms with Gasteiger partial charge in [-0.2, -0.15) is 0 Å². The molecule has 0 aliphatic carbocycles. The van der Waals surface area contributed by atoms with Gasteiger partial charge in [0.15, 0.2) is 0 Å². The second kappa shape index (κ2) is 6.73. The van der Waals surface area contributed by atoms with Crippen LogP contribution in [0, 0.1) is 0 Å². The van der Waals surface area contributed by atoms with Crippen molar-refractivity contribution in [2.24, 2.45) is 0 Å². The molecule has 1 aromatic carbocycles. The van der Waals surface area contributed by atoms with Gasteiger partial charge in [-0.3, -0.25) is 0 Å². The average molecular weight is 198 g/mol. The molecule has 0 heterocycles. The summed E-state index contributed by atoms with van der Waals surface area (Å²) in [6.45, 7) is 5.31. The molecule has 0 aliphatic rings. The van der Waals surface area contributed by atoms with E-state index < -0.39 is 0 Å². The molecule has 0 saturated heterocycles. The maximum atomic E-state index is 5.67. The molecule has 1 nitrogen and oxygen atoms in total. The van der Waals surface area contributed by atoms with Crippen molar-refractivity contribution in [2.75, 3.05) is 0 Å². The summed E-state index contributed by atoms with van der Waals surface area (Å²) in [6.07, 6.45) is 2.27. The molecule has 3 radical (unpaired) electrons. The van der Waals surface area contributed by atoms with E-state index in [-0.39, 0.29) is 0 Å². The van der Waals surface area contributed by atoms with E-state index >= 15 is 0 Å². The summed E-state index contributed by atoms with van der Waals surface area (Å²) in [5, 5.41) is 0. The fourth-order valence-electron chi connectivity index (χ4n) is 1.86. The van der Waals surface area contributed by atoms with E-state index in [0.29, 0.717) is 6.04 Å². The second-order valence-electron chi connectivity index (χ2n) is 3.78. The van der Waals surface area contributed by atoms with Crippen LogP contribution in [0.25, 0.3) is 0 Å². The van der Waals surface area contributed by atoms with Crippen molar-refractivity contribution in [3.05, 3.63) is 35.9 Å². The van der Waals surface area contributed by atoms with Crippen molar-refractivity contribution >= 4 is 15.0 Å². The number of benzene rings is 1. The molecule has 1 rings (SSSR count). The topological polar surface area (TPSA) is 3.24 Å². The molecule has 0 amide bonds. The lowest BCUT2D eigenvalue weighted by Crippen LogP contribution is -2.37. The maximum Gasteiger partial charge on any atom is 0.149 e. The van der Waals surface area contributed by atoms with Crippen LogP contribution in [-0.2, 0) is 6.54 Å². The molecule has 0 saturated carbocycles. The number of hydrogen-bond donors (Lipinski definition) is 0. The van der Waals surface area contributed by atoms with E-state index in [9.17, 15) is 0 Å². The summed E-state index contributed by atoms with van der Waals surface area (Å²) in [5.74, 6) is 0. The van der Waals surface area contributed by atoms with E-state index in [4.69, 9.17) is 7.74 Å². The lowest BCUT2D eigenvalue weighted by atomic mass is 9.64. The molecule has 0 aliphatic heterocycles. The van der Waals surface area contributed by atoms with E-state index in [2.05, 4.69) is 42.9 Å². The molecule has 0 unspecified atom stereocenters.